The normalized spacial score (nSPS) is 11.3. The summed E-state index contributed by atoms with van der Waals surface area (Å²) in [6.07, 6.45) is 3.26. The molecule has 198 valence electrons. The van der Waals surface area contributed by atoms with Crippen molar-refractivity contribution in [1.29, 1.82) is 0 Å². The molecule has 10 nitrogen and oxygen atoms in total. The van der Waals surface area contributed by atoms with Crippen molar-refractivity contribution in [2.75, 3.05) is 0 Å². The number of rotatable bonds is 6. The molecule has 0 amide bonds. The predicted octanol–water partition coefficient (Wildman–Crippen LogP) is 4.43. The van der Waals surface area contributed by atoms with Gasteiger partial charge in [0.05, 0.1) is 23.7 Å². The highest BCUT2D eigenvalue weighted by Crippen LogP contribution is 2.29. The molecule has 3 aromatic carbocycles. The molecule has 10 heteroatoms. The van der Waals surface area contributed by atoms with Crippen LogP contribution in [0.4, 0.5) is 5.69 Å². The maximum atomic E-state index is 13.6. The van der Waals surface area contributed by atoms with Crippen LogP contribution in [0.2, 0.25) is 0 Å². The number of hydrogen-bond acceptors (Lipinski definition) is 6. The monoisotopic (exact) mass is 532 g/mol. The highest BCUT2D eigenvalue weighted by atomic mass is 16.6. The van der Waals surface area contributed by atoms with Crippen molar-refractivity contribution in [3.05, 3.63) is 133 Å². The van der Waals surface area contributed by atoms with Gasteiger partial charge in [0, 0.05) is 36.6 Å². The molecule has 0 aliphatic heterocycles. The van der Waals surface area contributed by atoms with Gasteiger partial charge in [-0.05, 0) is 41.5 Å². The number of fused-ring (bicyclic) bond motifs is 2. The summed E-state index contributed by atoms with van der Waals surface area (Å²) in [6, 6.07) is 22.4. The Morgan fingerprint density at radius 2 is 1.65 bits per heavy atom. The van der Waals surface area contributed by atoms with Crippen LogP contribution in [0.3, 0.4) is 0 Å². The molecular formula is C30H24N6O4. The standard InChI is InChI=1S/C30H24N6O4/c1-19-10-11-25(36(39)40)23(16-19)17-34-28-26(29(37)33(2)30(34)38)27(21-12-14-31-15-13-21)35(32-28)18-22-8-5-7-20-6-3-4-9-24(20)22/h3-16H,17-18H2,1-2H3. The van der Waals surface area contributed by atoms with E-state index in [1.54, 1.807) is 41.3 Å². The zero-order valence-electron chi connectivity index (χ0n) is 21.8. The van der Waals surface area contributed by atoms with Gasteiger partial charge in [0.2, 0.25) is 0 Å². The number of nitrogens with zero attached hydrogens (tertiary/aromatic N) is 6. The second-order valence-electron chi connectivity index (χ2n) is 9.70. The van der Waals surface area contributed by atoms with Crippen LogP contribution < -0.4 is 11.2 Å². The van der Waals surface area contributed by atoms with E-state index in [-0.39, 0.29) is 23.3 Å². The fourth-order valence-corrected chi connectivity index (χ4v) is 5.20. The quantitative estimate of drug-likeness (QED) is 0.231. The van der Waals surface area contributed by atoms with Crippen LogP contribution in [-0.2, 0) is 20.1 Å². The summed E-state index contributed by atoms with van der Waals surface area (Å²) in [5.74, 6) is 0. The first-order valence-corrected chi connectivity index (χ1v) is 12.6. The number of hydrogen-bond donors (Lipinski definition) is 0. The van der Waals surface area contributed by atoms with Crippen LogP contribution >= 0.6 is 0 Å². The van der Waals surface area contributed by atoms with Crippen molar-refractivity contribution in [1.82, 2.24) is 23.9 Å². The minimum Gasteiger partial charge on any atom is -0.271 e. The Labute approximate surface area is 227 Å². The summed E-state index contributed by atoms with van der Waals surface area (Å²) in [4.78, 5) is 42.5. The van der Waals surface area contributed by atoms with Gasteiger partial charge < -0.3 is 0 Å². The van der Waals surface area contributed by atoms with Gasteiger partial charge in [0.25, 0.3) is 11.2 Å². The Balaban J connectivity index is 1.64. The predicted molar refractivity (Wildman–Crippen MR) is 152 cm³/mol. The molecule has 3 heterocycles. The van der Waals surface area contributed by atoms with Crippen molar-refractivity contribution >= 4 is 27.5 Å². The lowest BCUT2D eigenvalue weighted by atomic mass is 10.0. The van der Waals surface area contributed by atoms with Crippen molar-refractivity contribution < 1.29 is 4.92 Å². The van der Waals surface area contributed by atoms with E-state index in [4.69, 9.17) is 5.10 Å². The second-order valence-corrected chi connectivity index (χ2v) is 9.70. The first-order valence-electron chi connectivity index (χ1n) is 12.6. The topological polar surface area (TPSA) is 118 Å². The average Bonchev–Trinajstić information content (AvgIpc) is 3.33. The van der Waals surface area contributed by atoms with Crippen LogP contribution in [0, 0.1) is 17.0 Å². The summed E-state index contributed by atoms with van der Waals surface area (Å²) in [6.45, 7) is 2.03. The molecule has 6 rings (SSSR count). The Morgan fingerprint density at radius 1 is 0.900 bits per heavy atom. The van der Waals surface area contributed by atoms with Crippen molar-refractivity contribution in [2.45, 2.75) is 20.0 Å². The molecule has 0 fully saturated rings. The minimum absolute atomic E-state index is 0.107. The molecule has 0 radical (unpaired) electrons. The molecular weight excluding hydrogens is 508 g/mol. The van der Waals surface area contributed by atoms with Gasteiger partial charge in [-0.3, -0.25) is 33.7 Å². The van der Waals surface area contributed by atoms with E-state index in [0.717, 1.165) is 26.5 Å². The Morgan fingerprint density at radius 3 is 2.42 bits per heavy atom. The van der Waals surface area contributed by atoms with Gasteiger partial charge in [-0.1, -0.05) is 54.1 Å². The SMILES string of the molecule is Cc1ccc([N+](=O)[O-])c(Cn2c(=O)n(C)c(=O)c3c(-c4ccncc4)n(Cc4cccc5ccccc45)nc32)c1. The Hall–Kier alpha value is -5.38. The summed E-state index contributed by atoms with van der Waals surface area (Å²) >= 11 is 0. The largest absolute Gasteiger partial charge is 0.332 e. The van der Waals surface area contributed by atoms with Crippen molar-refractivity contribution in [2.24, 2.45) is 7.05 Å². The summed E-state index contributed by atoms with van der Waals surface area (Å²) in [5, 5.41) is 19.0. The lowest BCUT2D eigenvalue weighted by Crippen LogP contribution is -2.38. The maximum absolute atomic E-state index is 13.6. The van der Waals surface area contributed by atoms with Gasteiger partial charge >= 0.3 is 5.69 Å². The molecule has 0 saturated heterocycles. The van der Waals surface area contributed by atoms with Gasteiger partial charge in [0.15, 0.2) is 5.65 Å². The third kappa shape index (κ3) is 4.15. The number of benzene rings is 3. The minimum atomic E-state index is -0.607. The molecule has 0 atom stereocenters. The molecule has 0 unspecified atom stereocenters. The van der Waals surface area contributed by atoms with E-state index in [1.165, 1.54) is 17.7 Å². The van der Waals surface area contributed by atoms with E-state index in [0.29, 0.717) is 23.4 Å². The number of pyridine rings is 1. The first-order chi connectivity index (χ1) is 19.3. The van der Waals surface area contributed by atoms with Gasteiger partial charge in [0.1, 0.15) is 5.39 Å². The highest BCUT2D eigenvalue weighted by Gasteiger charge is 2.24. The van der Waals surface area contributed by atoms with Crippen molar-refractivity contribution in [3.63, 3.8) is 0 Å². The van der Waals surface area contributed by atoms with E-state index < -0.39 is 16.2 Å². The number of aryl methyl sites for hydroxylation is 1. The lowest BCUT2D eigenvalue weighted by molar-refractivity contribution is -0.385. The average molecular weight is 533 g/mol. The highest BCUT2D eigenvalue weighted by molar-refractivity contribution is 5.91. The van der Waals surface area contributed by atoms with Gasteiger partial charge in [-0.25, -0.2) is 4.79 Å². The molecule has 3 aromatic heterocycles. The van der Waals surface area contributed by atoms with E-state index in [2.05, 4.69) is 4.98 Å². The van der Waals surface area contributed by atoms with Crippen LogP contribution in [0.15, 0.2) is 94.8 Å². The van der Waals surface area contributed by atoms with Crippen LogP contribution in [0.1, 0.15) is 16.7 Å². The Kier molecular flexibility index (Phi) is 6.07. The third-order valence-corrected chi connectivity index (χ3v) is 7.14. The molecule has 6 aromatic rings. The summed E-state index contributed by atoms with van der Waals surface area (Å²) < 4.78 is 4.09. The van der Waals surface area contributed by atoms with Gasteiger partial charge in [-0.15, -0.1) is 0 Å². The number of nitro benzene ring substituents is 1. The van der Waals surface area contributed by atoms with E-state index in [1.807, 2.05) is 49.4 Å². The second kappa shape index (κ2) is 9.73. The molecule has 0 aliphatic rings. The fraction of sp³-hybridized carbons (Fsp3) is 0.133. The van der Waals surface area contributed by atoms with Crippen LogP contribution in [0.25, 0.3) is 33.1 Å². The zero-order chi connectivity index (χ0) is 28.0. The lowest BCUT2D eigenvalue weighted by Gasteiger charge is -2.11. The van der Waals surface area contributed by atoms with Crippen LogP contribution in [0.5, 0.6) is 0 Å². The molecule has 0 saturated carbocycles. The van der Waals surface area contributed by atoms with E-state index in [9.17, 15) is 19.7 Å². The first kappa shape index (κ1) is 24.9. The maximum Gasteiger partial charge on any atom is 0.332 e. The molecule has 0 aliphatic carbocycles. The number of nitro groups is 1. The van der Waals surface area contributed by atoms with Gasteiger partial charge in [-0.2, -0.15) is 5.10 Å². The summed E-state index contributed by atoms with van der Waals surface area (Å²) in [7, 11) is 1.41. The molecule has 0 spiro atoms. The third-order valence-electron chi connectivity index (χ3n) is 7.14. The molecule has 0 bridgehead atoms. The van der Waals surface area contributed by atoms with E-state index >= 15 is 0 Å². The fourth-order valence-electron chi connectivity index (χ4n) is 5.20. The smallest absolute Gasteiger partial charge is 0.271 e. The number of aromatic nitrogens is 5. The summed E-state index contributed by atoms with van der Waals surface area (Å²) in [5.41, 5.74) is 2.35. The zero-order valence-corrected chi connectivity index (χ0v) is 21.8. The Bertz CT molecular complexity index is 2050. The molecule has 0 N–H and O–H groups in total. The van der Waals surface area contributed by atoms with Crippen molar-refractivity contribution in [3.8, 4) is 11.3 Å². The van der Waals surface area contributed by atoms with Crippen LogP contribution in [-0.4, -0.2) is 28.8 Å². The molecule has 40 heavy (non-hydrogen) atoms.